The highest BCUT2D eigenvalue weighted by Gasteiger charge is 2.19. The van der Waals surface area contributed by atoms with Crippen LogP contribution < -0.4 is 0 Å². The van der Waals surface area contributed by atoms with E-state index in [1.165, 1.54) is 12.0 Å². The summed E-state index contributed by atoms with van der Waals surface area (Å²) in [6, 6.07) is 0. The molecule has 1 aromatic rings. The molecular weight excluding hydrogens is 266 g/mol. The molecule has 21 heavy (non-hydrogen) atoms. The normalized spacial score (nSPS) is 15.1. The van der Waals surface area contributed by atoms with Gasteiger partial charge in [0.15, 0.2) is 0 Å². The Labute approximate surface area is 126 Å². The lowest BCUT2D eigenvalue weighted by Gasteiger charge is -2.27. The molecule has 0 saturated heterocycles. The smallest absolute Gasteiger partial charge is 0.248 e. The van der Waals surface area contributed by atoms with Crippen molar-refractivity contribution in [2.45, 2.75) is 32.6 Å². The third-order valence-corrected chi connectivity index (χ3v) is 3.70. The molecule has 116 valence electrons. The van der Waals surface area contributed by atoms with Gasteiger partial charge < -0.3 is 9.64 Å². The van der Waals surface area contributed by atoms with Crippen LogP contribution in [-0.2, 0) is 16.6 Å². The van der Waals surface area contributed by atoms with Crippen LogP contribution in [0.25, 0.3) is 5.57 Å². The summed E-state index contributed by atoms with van der Waals surface area (Å²) in [6.07, 6.45) is 10.3. The second-order valence-corrected chi connectivity index (χ2v) is 5.50. The number of nitrogens with zero attached hydrogens (tertiary/aromatic N) is 3. The number of aromatic nitrogens is 2. The minimum absolute atomic E-state index is 0.0842. The van der Waals surface area contributed by atoms with Gasteiger partial charge in [-0.05, 0) is 18.4 Å². The van der Waals surface area contributed by atoms with Crippen LogP contribution in [-0.4, -0.2) is 46.9 Å². The van der Waals surface area contributed by atoms with E-state index in [1.54, 1.807) is 4.68 Å². The number of unbranched alkanes of at least 4 members (excludes halogenated alkanes) is 2. The second-order valence-electron chi connectivity index (χ2n) is 5.50. The van der Waals surface area contributed by atoms with Crippen LogP contribution in [0, 0.1) is 0 Å². The predicted molar refractivity (Wildman–Crippen MR) is 82.7 cm³/mol. The summed E-state index contributed by atoms with van der Waals surface area (Å²) in [4.78, 5) is 14.0. The Kier molecular flexibility index (Phi) is 5.99. The lowest BCUT2D eigenvalue weighted by molar-refractivity contribution is -0.135. The van der Waals surface area contributed by atoms with Crippen molar-refractivity contribution in [3.8, 4) is 0 Å². The lowest BCUT2D eigenvalue weighted by Crippen LogP contribution is -2.37. The molecule has 2 rings (SSSR count). The molecule has 0 N–H and O–H groups in total. The maximum atomic E-state index is 12.2. The highest BCUT2D eigenvalue weighted by atomic mass is 16.5. The summed E-state index contributed by atoms with van der Waals surface area (Å²) < 4.78 is 7.25. The molecule has 1 aliphatic rings. The zero-order valence-corrected chi connectivity index (χ0v) is 13.0. The van der Waals surface area contributed by atoms with E-state index in [-0.39, 0.29) is 12.5 Å². The van der Waals surface area contributed by atoms with E-state index >= 15 is 0 Å². The van der Waals surface area contributed by atoms with E-state index in [9.17, 15) is 4.79 Å². The van der Waals surface area contributed by atoms with Gasteiger partial charge in [0.05, 0.1) is 6.20 Å². The number of ether oxygens (including phenoxy) is 1. The molecule has 0 aliphatic carbocycles. The fraction of sp³-hybridized carbons (Fsp3) is 0.625. The van der Waals surface area contributed by atoms with Crippen LogP contribution in [0.4, 0.5) is 0 Å². The van der Waals surface area contributed by atoms with Gasteiger partial charge in [0.25, 0.3) is 0 Å². The van der Waals surface area contributed by atoms with Gasteiger partial charge in [-0.15, -0.1) is 0 Å². The molecule has 0 aromatic carbocycles. The number of hydrogen-bond acceptors (Lipinski definition) is 3. The van der Waals surface area contributed by atoms with Crippen molar-refractivity contribution in [1.29, 1.82) is 0 Å². The molecule has 5 heteroatoms. The summed E-state index contributed by atoms with van der Waals surface area (Å²) in [6.45, 7) is 4.47. The van der Waals surface area contributed by atoms with Crippen molar-refractivity contribution < 1.29 is 9.53 Å². The summed E-state index contributed by atoms with van der Waals surface area (Å²) in [5.74, 6) is 0.0842. The highest BCUT2D eigenvalue weighted by molar-refractivity contribution is 5.81. The Morgan fingerprint density at radius 1 is 1.43 bits per heavy atom. The zero-order chi connectivity index (χ0) is 15.1. The van der Waals surface area contributed by atoms with Crippen molar-refractivity contribution in [3.05, 3.63) is 24.0 Å². The SMILES string of the molecule is CCCCCOCC(=O)N1CCC=C(c2cnn(C)c2)C1. The van der Waals surface area contributed by atoms with E-state index in [2.05, 4.69) is 18.1 Å². The van der Waals surface area contributed by atoms with E-state index in [0.717, 1.165) is 31.4 Å². The van der Waals surface area contributed by atoms with Gasteiger partial charge in [-0.3, -0.25) is 9.48 Å². The Bertz CT molecular complexity index is 493. The summed E-state index contributed by atoms with van der Waals surface area (Å²) in [7, 11) is 1.90. The Morgan fingerprint density at radius 3 is 3.00 bits per heavy atom. The molecule has 1 amide bonds. The zero-order valence-electron chi connectivity index (χ0n) is 13.0. The van der Waals surface area contributed by atoms with Crippen LogP contribution in [0.15, 0.2) is 18.5 Å². The number of rotatable bonds is 7. The number of aryl methyl sites for hydroxylation is 1. The van der Waals surface area contributed by atoms with Crippen LogP contribution in [0.3, 0.4) is 0 Å². The molecule has 1 aliphatic heterocycles. The topological polar surface area (TPSA) is 47.4 Å². The molecule has 5 nitrogen and oxygen atoms in total. The minimum Gasteiger partial charge on any atom is -0.372 e. The molecule has 0 unspecified atom stereocenters. The Balaban J connectivity index is 1.79. The van der Waals surface area contributed by atoms with Crippen molar-refractivity contribution in [2.24, 2.45) is 7.05 Å². The average Bonchev–Trinajstić information content (AvgIpc) is 2.93. The van der Waals surface area contributed by atoms with Gasteiger partial charge in [0, 0.05) is 38.5 Å². The molecule has 1 aromatic heterocycles. The fourth-order valence-electron chi connectivity index (χ4n) is 2.46. The predicted octanol–water partition coefficient (Wildman–Crippen LogP) is 2.24. The molecule has 0 atom stereocenters. The molecule has 0 saturated carbocycles. The van der Waals surface area contributed by atoms with E-state index < -0.39 is 0 Å². The number of carbonyl (C=O) groups excluding carboxylic acids is 1. The second kappa shape index (κ2) is 7.98. The van der Waals surface area contributed by atoms with Crippen LogP contribution in [0.2, 0.25) is 0 Å². The third kappa shape index (κ3) is 4.70. The summed E-state index contributed by atoms with van der Waals surface area (Å²) in [5, 5.41) is 4.19. The Hall–Kier alpha value is -1.62. The van der Waals surface area contributed by atoms with Crippen molar-refractivity contribution in [2.75, 3.05) is 26.3 Å². The van der Waals surface area contributed by atoms with Gasteiger partial charge in [-0.2, -0.15) is 5.10 Å². The van der Waals surface area contributed by atoms with Crippen molar-refractivity contribution in [3.63, 3.8) is 0 Å². The lowest BCUT2D eigenvalue weighted by atomic mass is 10.0. The fourth-order valence-corrected chi connectivity index (χ4v) is 2.46. The largest absolute Gasteiger partial charge is 0.372 e. The first-order valence-corrected chi connectivity index (χ1v) is 7.74. The van der Waals surface area contributed by atoms with Gasteiger partial charge >= 0.3 is 0 Å². The third-order valence-electron chi connectivity index (χ3n) is 3.70. The van der Waals surface area contributed by atoms with Crippen LogP contribution >= 0.6 is 0 Å². The van der Waals surface area contributed by atoms with E-state index in [1.807, 2.05) is 24.3 Å². The van der Waals surface area contributed by atoms with E-state index in [0.29, 0.717) is 13.2 Å². The molecule has 0 fully saturated rings. The van der Waals surface area contributed by atoms with Crippen LogP contribution in [0.5, 0.6) is 0 Å². The standard InChI is InChI=1S/C16H25N3O2/c1-3-4-5-9-21-13-16(20)19-8-6-7-14(12-19)15-10-17-18(2)11-15/h7,10-11H,3-6,8-9,12-13H2,1-2H3. The average molecular weight is 291 g/mol. The maximum Gasteiger partial charge on any atom is 0.248 e. The number of hydrogen-bond donors (Lipinski definition) is 0. The van der Waals surface area contributed by atoms with Gasteiger partial charge in [-0.1, -0.05) is 25.8 Å². The molecule has 2 heterocycles. The monoisotopic (exact) mass is 291 g/mol. The Morgan fingerprint density at radius 2 is 2.29 bits per heavy atom. The quantitative estimate of drug-likeness (QED) is 0.724. The van der Waals surface area contributed by atoms with Gasteiger partial charge in [0.1, 0.15) is 6.61 Å². The summed E-state index contributed by atoms with van der Waals surface area (Å²) >= 11 is 0. The summed E-state index contributed by atoms with van der Waals surface area (Å²) in [5.41, 5.74) is 2.27. The molecule has 0 bridgehead atoms. The van der Waals surface area contributed by atoms with Crippen molar-refractivity contribution in [1.82, 2.24) is 14.7 Å². The highest BCUT2D eigenvalue weighted by Crippen LogP contribution is 2.20. The minimum atomic E-state index is 0.0842. The molecular formula is C16H25N3O2. The van der Waals surface area contributed by atoms with Gasteiger partial charge in [-0.25, -0.2) is 0 Å². The maximum absolute atomic E-state index is 12.2. The van der Waals surface area contributed by atoms with Gasteiger partial charge in [0.2, 0.25) is 5.91 Å². The first-order valence-electron chi connectivity index (χ1n) is 7.74. The molecule has 0 spiro atoms. The van der Waals surface area contributed by atoms with E-state index in [4.69, 9.17) is 4.74 Å². The van der Waals surface area contributed by atoms with Crippen LogP contribution in [0.1, 0.15) is 38.2 Å². The first-order chi connectivity index (χ1) is 10.2. The first kappa shape index (κ1) is 15.8. The number of carbonyl (C=O) groups is 1. The number of amides is 1. The molecule has 0 radical (unpaired) electrons. The van der Waals surface area contributed by atoms with Crippen molar-refractivity contribution >= 4 is 11.5 Å².